The summed E-state index contributed by atoms with van der Waals surface area (Å²) < 4.78 is 0. The molecule has 0 aromatic rings. The summed E-state index contributed by atoms with van der Waals surface area (Å²) in [5.41, 5.74) is 1.80. The highest BCUT2D eigenvalue weighted by molar-refractivity contribution is 5.84. The van der Waals surface area contributed by atoms with Gasteiger partial charge in [0, 0.05) is 31.2 Å². The number of aliphatic imine (C=N–C) groups is 1. The van der Waals surface area contributed by atoms with Crippen molar-refractivity contribution in [1.82, 2.24) is 10.2 Å². The lowest BCUT2D eigenvalue weighted by atomic mass is 9.79. The lowest BCUT2D eigenvalue weighted by molar-refractivity contribution is 0.210. The Bertz CT molecular complexity index is 314. The van der Waals surface area contributed by atoms with Crippen LogP contribution in [0.2, 0.25) is 0 Å². The van der Waals surface area contributed by atoms with Crippen molar-refractivity contribution in [3.63, 3.8) is 0 Å². The summed E-state index contributed by atoms with van der Waals surface area (Å²) in [6.45, 7) is 5.39. The molecular weight excluding hydrogens is 222 g/mol. The highest BCUT2D eigenvalue weighted by Gasteiger charge is 2.33. The molecule has 0 unspecified atom stereocenters. The molecular formula is C15H27N3. The molecule has 1 N–H and O–H groups in total. The molecule has 0 atom stereocenters. The molecule has 1 fully saturated rings. The van der Waals surface area contributed by atoms with Gasteiger partial charge in [0.1, 0.15) is 0 Å². The molecule has 0 saturated heterocycles. The molecule has 0 aromatic heterocycles. The van der Waals surface area contributed by atoms with E-state index in [2.05, 4.69) is 29.2 Å². The van der Waals surface area contributed by atoms with E-state index < -0.39 is 0 Å². The van der Waals surface area contributed by atoms with Crippen LogP contribution in [0.15, 0.2) is 17.4 Å². The largest absolute Gasteiger partial charge is 0.390 e. The van der Waals surface area contributed by atoms with Crippen LogP contribution in [-0.2, 0) is 0 Å². The summed E-state index contributed by atoms with van der Waals surface area (Å²) in [7, 11) is 2.22. The minimum absolute atomic E-state index is 0.610. The molecule has 1 aliphatic carbocycles. The van der Waals surface area contributed by atoms with E-state index in [-0.39, 0.29) is 0 Å². The summed E-state index contributed by atoms with van der Waals surface area (Å²) in [6, 6.07) is 0. The highest BCUT2D eigenvalue weighted by Crippen LogP contribution is 2.43. The van der Waals surface area contributed by atoms with E-state index in [1.54, 1.807) is 0 Å². The van der Waals surface area contributed by atoms with Crippen molar-refractivity contribution in [1.29, 1.82) is 0 Å². The van der Waals surface area contributed by atoms with Crippen molar-refractivity contribution in [3.05, 3.63) is 12.4 Å². The maximum absolute atomic E-state index is 4.43. The topological polar surface area (TPSA) is 27.6 Å². The van der Waals surface area contributed by atoms with Gasteiger partial charge >= 0.3 is 0 Å². The first kappa shape index (κ1) is 13.6. The first-order valence-corrected chi connectivity index (χ1v) is 7.30. The summed E-state index contributed by atoms with van der Waals surface area (Å²) in [5, 5.41) is 3.38. The van der Waals surface area contributed by atoms with Crippen molar-refractivity contribution in [2.45, 2.75) is 45.4 Å². The van der Waals surface area contributed by atoms with E-state index >= 15 is 0 Å². The standard InChI is InChI=1S/C15H27N3/c1-14-13-18(2)12-8-15(5-3-4-6-15)7-9-16-10-11-17-14/h10-11,16H,3-9,12-13H2,1-2H3/b11-10+,17-14-. The van der Waals surface area contributed by atoms with Gasteiger partial charge in [0.15, 0.2) is 0 Å². The fraction of sp³-hybridized carbons (Fsp3) is 0.800. The average molecular weight is 249 g/mol. The molecule has 1 saturated carbocycles. The van der Waals surface area contributed by atoms with Gasteiger partial charge < -0.3 is 10.2 Å². The Morgan fingerprint density at radius 3 is 2.78 bits per heavy atom. The third-order valence-electron chi connectivity index (χ3n) is 4.47. The van der Waals surface area contributed by atoms with Crippen LogP contribution in [0.3, 0.4) is 0 Å². The number of nitrogens with one attached hydrogen (secondary N) is 1. The predicted octanol–water partition coefficient (Wildman–Crippen LogP) is 2.79. The van der Waals surface area contributed by atoms with Crippen LogP contribution in [0.5, 0.6) is 0 Å². The summed E-state index contributed by atoms with van der Waals surface area (Å²) in [5.74, 6) is 0. The van der Waals surface area contributed by atoms with Crippen LogP contribution in [0.1, 0.15) is 45.4 Å². The van der Waals surface area contributed by atoms with Crippen LogP contribution in [-0.4, -0.2) is 37.3 Å². The molecule has 102 valence electrons. The smallest absolute Gasteiger partial charge is 0.0424 e. The zero-order valence-corrected chi connectivity index (χ0v) is 11.9. The third-order valence-corrected chi connectivity index (χ3v) is 4.47. The van der Waals surface area contributed by atoms with Crippen molar-refractivity contribution in [2.75, 3.05) is 26.7 Å². The third kappa shape index (κ3) is 3.84. The monoisotopic (exact) mass is 249 g/mol. The molecule has 2 rings (SSSR count). The van der Waals surface area contributed by atoms with Crippen LogP contribution in [0, 0.1) is 5.41 Å². The van der Waals surface area contributed by atoms with Gasteiger partial charge in [0.05, 0.1) is 0 Å². The van der Waals surface area contributed by atoms with Gasteiger partial charge in [-0.05, 0) is 51.6 Å². The lowest BCUT2D eigenvalue weighted by Gasteiger charge is -2.31. The summed E-state index contributed by atoms with van der Waals surface area (Å²) in [6.07, 6.45) is 12.3. The number of rotatable bonds is 0. The van der Waals surface area contributed by atoms with Crippen LogP contribution >= 0.6 is 0 Å². The van der Waals surface area contributed by atoms with Gasteiger partial charge in [-0.3, -0.25) is 4.99 Å². The second-order valence-electron chi connectivity index (χ2n) is 6.08. The predicted molar refractivity (Wildman–Crippen MR) is 77.9 cm³/mol. The van der Waals surface area contributed by atoms with E-state index in [1.165, 1.54) is 50.8 Å². The van der Waals surface area contributed by atoms with Gasteiger partial charge in [-0.15, -0.1) is 0 Å². The van der Waals surface area contributed by atoms with Gasteiger partial charge in [0.25, 0.3) is 0 Å². The first-order chi connectivity index (χ1) is 8.70. The highest BCUT2D eigenvalue weighted by atomic mass is 15.1. The molecule has 1 aliphatic heterocycles. The van der Waals surface area contributed by atoms with Crippen molar-refractivity contribution < 1.29 is 0 Å². The molecule has 0 radical (unpaired) electrons. The van der Waals surface area contributed by atoms with Crippen LogP contribution < -0.4 is 5.32 Å². The van der Waals surface area contributed by atoms with Crippen LogP contribution in [0.25, 0.3) is 0 Å². The van der Waals surface area contributed by atoms with Crippen molar-refractivity contribution in [3.8, 4) is 0 Å². The number of nitrogens with zero attached hydrogens (tertiary/aromatic N) is 2. The fourth-order valence-electron chi connectivity index (χ4n) is 3.33. The minimum Gasteiger partial charge on any atom is -0.390 e. The maximum Gasteiger partial charge on any atom is 0.0424 e. The van der Waals surface area contributed by atoms with E-state index in [4.69, 9.17) is 0 Å². The number of hydrogen-bond donors (Lipinski definition) is 1. The Labute approximate surface area is 111 Å². The zero-order valence-electron chi connectivity index (χ0n) is 11.9. The molecule has 18 heavy (non-hydrogen) atoms. The normalized spacial score (nSPS) is 30.9. The van der Waals surface area contributed by atoms with Gasteiger partial charge in [-0.2, -0.15) is 0 Å². The second-order valence-corrected chi connectivity index (χ2v) is 6.08. The van der Waals surface area contributed by atoms with E-state index in [0.717, 1.165) is 13.1 Å². The van der Waals surface area contributed by atoms with E-state index in [0.29, 0.717) is 5.41 Å². The summed E-state index contributed by atoms with van der Waals surface area (Å²) in [4.78, 5) is 6.85. The molecule has 3 nitrogen and oxygen atoms in total. The maximum atomic E-state index is 4.43. The molecule has 0 amide bonds. The zero-order chi connectivity index (χ0) is 12.8. The SMILES string of the molecule is C/C1=N/C=C/NCCC2(CCCC2)CCN(C)C1. The van der Waals surface area contributed by atoms with Crippen molar-refractivity contribution in [2.24, 2.45) is 10.4 Å². The molecule has 3 heteroatoms. The Balaban J connectivity index is 2.00. The average Bonchev–Trinajstić information content (AvgIpc) is 2.79. The fourth-order valence-corrected chi connectivity index (χ4v) is 3.33. The first-order valence-electron chi connectivity index (χ1n) is 7.30. The Morgan fingerprint density at radius 1 is 1.22 bits per heavy atom. The van der Waals surface area contributed by atoms with Crippen LogP contribution in [0.4, 0.5) is 0 Å². The molecule has 0 aromatic carbocycles. The second kappa shape index (κ2) is 6.37. The summed E-state index contributed by atoms with van der Waals surface area (Å²) >= 11 is 0. The Morgan fingerprint density at radius 2 is 2.00 bits per heavy atom. The van der Waals surface area contributed by atoms with E-state index in [1.807, 2.05) is 12.4 Å². The molecule has 0 bridgehead atoms. The van der Waals surface area contributed by atoms with E-state index in [9.17, 15) is 0 Å². The Kier molecular flexibility index (Phi) is 4.81. The van der Waals surface area contributed by atoms with Crippen molar-refractivity contribution >= 4 is 5.71 Å². The molecule has 1 spiro atoms. The number of hydrogen-bond acceptors (Lipinski definition) is 3. The lowest BCUT2D eigenvalue weighted by Crippen LogP contribution is -2.31. The Hall–Kier alpha value is -0.830. The van der Waals surface area contributed by atoms with Gasteiger partial charge in [-0.25, -0.2) is 0 Å². The molecule has 2 aliphatic rings. The van der Waals surface area contributed by atoms with Gasteiger partial charge in [0.2, 0.25) is 0 Å². The minimum atomic E-state index is 0.610. The molecule has 1 heterocycles. The van der Waals surface area contributed by atoms with Gasteiger partial charge in [-0.1, -0.05) is 12.8 Å². The quantitative estimate of drug-likeness (QED) is 0.715.